The third-order valence-corrected chi connectivity index (χ3v) is 8.52. The van der Waals surface area contributed by atoms with Gasteiger partial charge in [-0.2, -0.15) is 8.61 Å². The summed E-state index contributed by atoms with van der Waals surface area (Å²) in [6.07, 6.45) is 0.409. The van der Waals surface area contributed by atoms with E-state index in [0.29, 0.717) is 19.5 Å². The van der Waals surface area contributed by atoms with Crippen molar-refractivity contribution in [3.63, 3.8) is 0 Å². The van der Waals surface area contributed by atoms with Crippen molar-refractivity contribution in [2.24, 2.45) is 5.92 Å². The normalized spacial score (nSPS) is 18.7. The maximum Gasteiger partial charge on any atom is 0.310 e. The summed E-state index contributed by atoms with van der Waals surface area (Å²) in [4.78, 5) is 11.9. The lowest BCUT2D eigenvalue weighted by Gasteiger charge is -2.19. The molecule has 0 saturated carbocycles. The molecule has 1 aliphatic heterocycles. The summed E-state index contributed by atoms with van der Waals surface area (Å²) in [5, 5.41) is 0. The van der Waals surface area contributed by atoms with Crippen LogP contribution in [0.5, 0.6) is 0 Å². The summed E-state index contributed by atoms with van der Waals surface area (Å²) >= 11 is 0. The fourth-order valence-electron chi connectivity index (χ4n) is 3.04. The monoisotopic (exact) mass is 418 g/mol. The maximum atomic E-state index is 12.8. The lowest BCUT2D eigenvalue weighted by molar-refractivity contribution is -0.147. The molecule has 1 fully saturated rings. The number of nitrogens with zero attached hydrogens (tertiary/aromatic N) is 2. The van der Waals surface area contributed by atoms with Crippen LogP contribution in [-0.2, 0) is 29.6 Å². The van der Waals surface area contributed by atoms with Gasteiger partial charge in [-0.1, -0.05) is 13.8 Å². The van der Waals surface area contributed by atoms with Crippen molar-refractivity contribution < 1.29 is 26.4 Å². The molecule has 0 N–H and O–H groups in total. The Morgan fingerprint density at radius 3 is 2.15 bits per heavy atom. The molecular weight excluding hydrogens is 392 g/mol. The molecule has 10 heteroatoms. The molecule has 2 rings (SSSR count). The molecule has 0 aromatic heterocycles. The first-order valence-corrected chi connectivity index (χ1v) is 11.8. The third-order valence-electron chi connectivity index (χ3n) is 4.58. The minimum atomic E-state index is -3.80. The van der Waals surface area contributed by atoms with Gasteiger partial charge in [-0.25, -0.2) is 16.8 Å². The Hall–Kier alpha value is -1.49. The molecule has 1 heterocycles. The standard InChI is InChI=1S/C17H26N2O6S2/c1-4-18(5-2)26(21,22)15-7-9-16(10-8-15)27(23,24)19-12-11-14(13-19)17(20)25-6-3/h7-10,14H,4-6,11-13H2,1-3H3/t14-/m0/s1. The SMILES string of the molecule is CCOC(=O)[C@H]1CCN(S(=O)(=O)c2ccc(S(=O)(=O)N(CC)CC)cc2)C1. The van der Waals surface area contributed by atoms with Gasteiger partial charge in [-0.05, 0) is 37.6 Å². The van der Waals surface area contributed by atoms with E-state index in [-0.39, 0.29) is 29.5 Å². The molecule has 1 aromatic carbocycles. The molecule has 27 heavy (non-hydrogen) atoms. The van der Waals surface area contributed by atoms with Gasteiger partial charge >= 0.3 is 5.97 Å². The summed E-state index contributed by atoms with van der Waals surface area (Å²) in [6, 6.07) is 5.20. The first-order chi connectivity index (χ1) is 12.7. The predicted octanol–water partition coefficient (Wildman–Crippen LogP) is 1.29. The molecule has 1 aromatic rings. The van der Waals surface area contributed by atoms with Crippen LogP contribution in [0.1, 0.15) is 27.2 Å². The van der Waals surface area contributed by atoms with E-state index in [2.05, 4.69) is 0 Å². The van der Waals surface area contributed by atoms with Crippen LogP contribution >= 0.6 is 0 Å². The van der Waals surface area contributed by atoms with Crippen molar-refractivity contribution in [3.8, 4) is 0 Å². The summed E-state index contributed by atoms with van der Waals surface area (Å²) in [5.74, 6) is -0.863. The fraction of sp³-hybridized carbons (Fsp3) is 0.588. The zero-order valence-electron chi connectivity index (χ0n) is 15.8. The van der Waals surface area contributed by atoms with Gasteiger partial charge in [0, 0.05) is 26.2 Å². The van der Waals surface area contributed by atoms with Gasteiger partial charge in [-0.15, -0.1) is 0 Å². The zero-order valence-corrected chi connectivity index (χ0v) is 17.4. The summed E-state index contributed by atoms with van der Waals surface area (Å²) in [6.45, 7) is 6.41. The van der Waals surface area contributed by atoms with Crippen LogP contribution < -0.4 is 0 Å². The van der Waals surface area contributed by atoms with Crippen LogP contribution in [0.2, 0.25) is 0 Å². The fourth-order valence-corrected chi connectivity index (χ4v) is 6.00. The molecule has 1 saturated heterocycles. The Kier molecular flexibility index (Phi) is 7.01. The highest BCUT2D eigenvalue weighted by Gasteiger charge is 2.36. The second-order valence-electron chi connectivity index (χ2n) is 6.16. The maximum absolute atomic E-state index is 12.8. The number of benzene rings is 1. The Labute approximate surface area is 161 Å². The summed E-state index contributed by atoms with van der Waals surface area (Å²) in [7, 11) is -7.44. The number of hydrogen-bond acceptors (Lipinski definition) is 6. The smallest absolute Gasteiger partial charge is 0.310 e. The van der Waals surface area contributed by atoms with Crippen LogP contribution in [0.25, 0.3) is 0 Å². The largest absolute Gasteiger partial charge is 0.466 e. The van der Waals surface area contributed by atoms with Gasteiger partial charge in [0.25, 0.3) is 0 Å². The molecular formula is C17H26N2O6S2. The first kappa shape index (κ1) is 21.8. The minimum absolute atomic E-state index is 0.00510. The van der Waals surface area contributed by atoms with Crippen molar-refractivity contribution in [1.29, 1.82) is 0 Å². The highest BCUT2D eigenvalue weighted by molar-refractivity contribution is 7.89. The number of hydrogen-bond donors (Lipinski definition) is 0. The van der Waals surface area contributed by atoms with E-state index in [1.165, 1.54) is 32.9 Å². The van der Waals surface area contributed by atoms with Crippen LogP contribution in [0.4, 0.5) is 0 Å². The van der Waals surface area contributed by atoms with Crippen molar-refractivity contribution in [1.82, 2.24) is 8.61 Å². The summed E-state index contributed by atoms with van der Waals surface area (Å²) < 4.78 is 58.1. The molecule has 1 aliphatic rings. The molecule has 0 unspecified atom stereocenters. The number of ether oxygens (including phenoxy) is 1. The highest BCUT2D eigenvalue weighted by atomic mass is 32.2. The van der Waals surface area contributed by atoms with Gasteiger partial charge in [0.2, 0.25) is 20.0 Å². The van der Waals surface area contributed by atoms with E-state index in [0.717, 1.165) is 0 Å². The van der Waals surface area contributed by atoms with E-state index in [1.54, 1.807) is 20.8 Å². The average molecular weight is 419 g/mol. The van der Waals surface area contributed by atoms with Crippen LogP contribution in [0.15, 0.2) is 34.1 Å². The summed E-state index contributed by atoms with van der Waals surface area (Å²) in [5.41, 5.74) is 0. The van der Waals surface area contributed by atoms with Gasteiger partial charge in [0.15, 0.2) is 0 Å². The highest BCUT2D eigenvalue weighted by Crippen LogP contribution is 2.26. The van der Waals surface area contributed by atoms with E-state index in [4.69, 9.17) is 4.74 Å². The number of sulfonamides is 2. The number of carbonyl (C=O) groups is 1. The van der Waals surface area contributed by atoms with E-state index in [9.17, 15) is 21.6 Å². The lowest BCUT2D eigenvalue weighted by Crippen LogP contribution is -2.31. The number of carbonyl (C=O) groups excluding carboxylic acids is 1. The van der Waals surface area contributed by atoms with Crippen LogP contribution in [0, 0.1) is 5.92 Å². The molecule has 0 radical (unpaired) electrons. The van der Waals surface area contributed by atoms with Crippen LogP contribution in [0.3, 0.4) is 0 Å². The molecule has 8 nitrogen and oxygen atoms in total. The Morgan fingerprint density at radius 2 is 1.63 bits per heavy atom. The van der Waals surface area contributed by atoms with Gasteiger partial charge in [0.05, 0.1) is 22.3 Å². The Morgan fingerprint density at radius 1 is 1.07 bits per heavy atom. The number of rotatable bonds is 8. The first-order valence-electron chi connectivity index (χ1n) is 8.95. The Bertz CT molecular complexity index is 861. The molecule has 0 spiro atoms. The predicted molar refractivity (Wildman–Crippen MR) is 100 cm³/mol. The van der Waals surface area contributed by atoms with Crippen LogP contribution in [-0.4, -0.2) is 64.2 Å². The second kappa shape index (κ2) is 8.68. The third kappa shape index (κ3) is 4.50. The Balaban J connectivity index is 2.20. The van der Waals surface area contributed by atoms with Gasteiger partial charge < -0.3 is 4.74 Å². The molecule has 0 amide bonds. The van der Waals surface area contributed by atoms with E-state index < -0.39 is 31.9 Å². The number of esters is 1. The van der Waals surface area contributed by atoms with Crippen molar-refractivity contribution >= 4 is 26.0 Å². The molecule has 1 atom stereocenters. The lowest BCUT2D eigenvalue weighted by atomic mass is 10.1. The van der Waals surface area contributed by atoms with Crippen molar-refractivity contribution in [3.05, 3.63) is 24.3 Å². The topological polar surface area (TPSA) is 101 Å². The van der Waals surface area contributed by atoms with Gasteiger partial charge in [0.1, 0.15) is 0 Å². The minimum Gasteiger partial charge on any atom is -0.466 e. The molecule has 0 bridgehead atoms. The van der Waals surface area contributed by atoms with E-state index in [1.807, 2.05) is 0 Å². The van der Waals surface area contributed by atoms with E-state index >= 15 is 0 Å². The quantitative estimate of drug-likeness (QED) is 0.590. The molecule has 0 aliphatic carbocycles. The van der Waals surface area contributed by atoms with Crippen molar-refractivity contribution in [2.75, 3.05) is 32.8 Å². The second-order valence-corrected chi connectivity index (χ2v) is 10.0. The average Bonchev–Trinajstić information content (AvgIpc) is 3.14. The van der Waals surface area contributed by atoms with Crippen molar-refractivity contribution in [2.45, 2.75) is 37.0 Å². The molecule has 152 valence electrons. The zero-order chi connectivity index (χ0) is 20.2. The van der Waals surface area contributed by atoms with Gasteiger partial charge in [-0.3, -0.25) is 4.79 Å².